The van der Waals surface area contributed by atoms with Crippen molar-refractivity contribution in [1.82, 2.24) is 0 Å². The minimum absolute atomic E-state index is 0.220. The van der Waals surface area contributed by atoms with Crippen LogP contribution in [0.1, 0.15) is 11.1 Å². The van der Waals surface area contributed by atoms with Gasteiger partial charge in [-0.25, -0.2) is 4.79 Å². The maximum absolute atomic E-state index is 12.0. The Balaban J connectivity index is 1.65. The summed E-state index contributed by atoms with van der Waals surface area (Å²) in [6.45, 7) is 0.220. The van der Waals surface area contributed by atoms with E-state index in [2.05, 4.69) is 0 Å². The number of benzene rings is 2. The molecule has 0 aromatic heterocycles. The third-order valence-corrected chi connectivity index (χ3v) is 3.82. The molecule has 2 aliphatic rings. The van der Waals surface area contributed by atoms with Crippen LogP contribution in [-0.4, -0.2) is 12.8 Å². The summed E-state index contributed by atoms with van der Waals surface area (Å²) in [5.74, 6) is 1.51. The van der Waals surface area contributed by atoms with Crippen molar-refractivity contribution in [3.8, 4) is 11.5 Å². The Labute approximate surface area is 137 Å². The predicted octanol–water partition coefficient (Wildman–Crippen LogP) is 4.05. The summed E-state index contributed by atoms with van der Waals surface area (Å²) >= 11 is 5.87. The lowest BCUT2D eigenvalue weighted by molar-refractivity contribution is -0.130. The van der Waals surface area contributed by atoms with E-state index in [-0.39, 0.29) is 12.8 Å². The van der Waals surface area contributed by atoms with Crippen molar-refractivity contribution < 1.29 is 19.0 Å². The number of fused-ring (bicyclic) bond motifs is 1. The number of ether oxygens (including phenoxy) is 3. The van der Waals surface area contributed by atoms with E-state index >= 15 is 0 Å². The number of rotatable bonds is 2. The van der Waals surface area contributed by atoms with Crippen LogP contribution in [0.4, 0.5) is 0 Å². The van der Waals surface area contributed by atoms with Crippen molar-refractivity contribution >= 4 is 29.4 Å². The van der Waals surface area contributed by atoms with Gasteiger partial charge in [0.25, 0.3) is 0 Å². The molecule has 5 heteroatoms. The van der Waals surface area contributed by atoms with Crippen LogP contribution in [0.2, 0.25) is 5.02 Å². The van der Waals surface area contributed by atoms with Gasteiger partial charge in [0.1, 0.15) is 5.76 Å². The number of carbonyl (C=O) groups excluding carboxylic acids is 1. The molecule has 0 radical (unpaired) electrons. The van der Waals surface area contributed by atoms with Crippen LogP contribution in [0.5, 0.6) is 11.5 Å². The lowest BCUT2D eigenvalue weighted by atomic mass is 10.1. The molecule has 4 nitrogen and oxygen atoms in total. The second kappa shape index (κ2) is 5.48. The summed E-state index contributed by atoms with van der Waals surface area (Å²) in [7, 11) is 0. The van der Waals surface area contributed by atoms with Gasteiger partial charge in [-0.15, -0.1) is 0 Å². The first kappa shape index (κ1) is 13.9. The lowest BCUT2D eigenvalue weighted by Crippen LogP contribution is -1.97. The average Bonchev–Trinajstić information content (AvgIpc) is 3.15. The van der Waals surface area contributed by atoms with E-state index < -0.39 is 0 Å². The molecule has 2 aliphatic heterocycles. The number of esters is 1. The van der Waals surface area contributed by atoms with Gasteiger partial charge in [0.2, 0.25) is 6.79 Å². The smallest absolute Gasteiger partial charge is 0.343 e. The number of halogens is 1. The molecule has 0 N–H and O–H groups in total. The van der Waals surface area contributed by atoms with Crippen LogP contribution < -0.4 is 9.47 Å². The first-order valence-electron chi connectivity index (χ1n) is 7.00. The van der Waals surface area contributed by atoms with Crippen molar-refractivity contribution in [2.24, 2.45) is 0 Å². The average molecular weight is 327 g/mol. The summed E-state index contributed by atoms with van der Waals surface area (Å²) in [6.07, 6.45) is 3.48. The highest BCUT2D eigenvalue weighted by Gasteiger charge is 2.22. The molecule has 23 heavy (non-hydrogen) atoms. The normalized spacial score (nSPS) is 17.3. The molecule has 114 valence electrons. The summed E-state index contributed by atoms with van der Waals surface area (Å²) in [5, 5.41) is 0.634. The molecule has 0 saturated carbocycles. The van der Waals surface area contributed by atoms with Gasteiger partial charge >= 0.3 is 5.97 Å². The maximum Gasteiger partial charge on any atom is 0.343 e. The SMILES string of the molecule is O=C1OC(c2ccc(Cl)cc2)=C/C1=C\c1ccc2c(c1)OCO2. The van der Waals surface area contributed by atoms with Gasteiger partial charge in [-0.2, -0.15) is 0 Å². The highest BCUT2D eigenvalue weighted by atomic mass is 35.5. The van der Waals surface area contributed by atoms with Crippen molar-refractivity contribution in [2.45, 2.75) is 0 Å². The number of hydrogen-bond donors (Lipinski definition) is 0. The number of carbonyl (C=O) groups is 1. The first-order chi connectivity index (χ1) is 11.2. The quantitative estimate of drug-likeness (QED) is 0.617. The third kappa shape index (κ3) is 2.69. The largest absolute Gasteiger partial charge is 0.454 e. The van der Waals surface area contributed by atoms with E-state index in [1.165, 1.54) is 0 Å². The van der Waals surface area contributed by atoms with Gasteiger partial charge < -0.3 is 14.2 Å². The molecule has 2 aromatic carbocycles. The Morgan fingerprint density at radius 2 is 1.78 bits per heavy atom. The van der Waals surface area contributed by atoms with Crippen LogP contribution in [-0.2, 0) is 9.53 Å². The lowest BCUT2D eigenvalue weighted by Gasteiger charge is -2.01. The third-order valence-electron chi connectivity index (χ3n) is 3.57. The molecular weight excluding hydrogens is 316 g/mol. The van der Waals surface area contributed by atoms with Crippen molar-refractivity contribution in [2.75, 3.05) is 6.79 Å². The van der Waals surface area contributed by atoms with Crippen molar-refractivity contribution in [3.63, 3.8) is 0 Å². The number of cyclic esters (lactones) is 1. The Morgan fingerprint density at radius 3 is 2.61 bits per heavy atom. The first-order valence-corrected chi connectivity index (χ1v) is 7.38. The molecule has 0 bridgehead atoms. The minimum atomic E-state index is -0.382. The van der Waals surface area contributed by atoms with E-state index in [1.807, 2.05) is 30.3 Å². The molecule has 4 rings (SSSR count). The molecule has 0 amide bonds. The standard InChI is InChI=1S/C18H11ClO4/c19-14-4-2-12(3-5-14)16-9-13(18(20)23-16)7-11-1-6-15-17(8-11)22-10-21-15/h1-9H,10H2/b13-7+. The van der Waals surface area contributed by atoms with Gasteiger partial charge in [-0.3, -0.25) is 0 Å². The van der Waals surface area contributed by atoms with Crippen molar-refractivity contribution in [3.05, 3.63) is 70.3 Å². The van der Waals surface area contributed by atoms with Gasteiger partial charge in [0.15, 0.2) is 11.5 Å². The van der Waals surface area contributed by atoms with Gasteiger partial charge in [-0.1, -0.05) is 17.7 Å². The van der Waals surface area contributed by atoms with Crippen LogP contribution >= 0.6 is 11.6 Å². The zero-order chi connectivity index (χ0) is 15.8. The summed E-state index contributed by atoms with van der Waals surface area (Å²) < 4.78 is 15.9. The molecule has 0 saturated heterocycles. The fourth-order valence-corrected chi connectivity index (χ4v) is 2.55. The Kier molecular flexibility index (Phi) is 3.32. The molecule has 0 atom stereocenters. The Morgan fingerprint density at radius 1 is 1.00 bits per heavy atom. The molecule has 0 unspecified atom stereocenters. The predicted molar refractivity (Wildman–Crippen MR) is 86.1 cm³/mol. The maximum atomic E-state index is 12.0. The van der Waals surface area contributed by atoms with E-state index in [0.29, 0.717) is 27.9 Å². The zero-order valence-electron chi connectivity index (χ0n) is 11.9. The van der Waals surface area contributed by atoms with E-state index in [0.717, 1.165) is 11.1 Å². The number of hydrogen-bond acceptors (Lipinski definition) is 4. The summed E-state index contributed by atoms with van der Waals surface area (Å²) in [4.78, 5) is 12.0. The van der Waals surface area contributed by atoms with Crippen LogP contribution in [0.3, 0.4) is 0 Å². The summed E-state index contributed by atoms with van der Waals surface area (Å²) in [6, 6.07) is 12.6. The van der Waals surface area contributed by atoms with Gasteiger partial charge in [-0.05, 0) is 54.1 Å². The van der Waals surface area contributed by atoms with Gasteiger partial charge in [0.05, 0.1) is 5.57 Å². The summed E-state index contributed by atoms with van der Waals surface area (Å²) in [5.41, 5.74) is 2.13. The Bertz CT molecular complexity index is 850. The second-order valence-electron chi connectivity index (χ2n) is 5.12. The topological polar surface area (TPSA) is 44.8 Å². The minimum Gasteiger partial charge on any atom is -0.454 e. The molecule has 2 heterocycles. The molecular formula is C18H11ClO4. The van der Waals surface area contributed by atoms with Crippen molar-refractivity contribution in [1.29, 1.82) is 0 Å². The second-order valence-corrected chi connectivity index (χ2v) is 5.55. The zero-order valence-corrected chi connectivity index (χ0v) is 12.7. The molecule has 0 aliphatic carbocycles. The van der Waals surface area contributed by atoms with E-state index in [9.17, 15) is 4.79 Å². The van der Waals surface area contributed by atoms with Crippen LogP contribution in [0.15, 0.2) is 54.1 Å². The van der Waals surface area contributed by atoms with E-state index in [4.69, 9.17) is 25.8 Å². The van der Waals surface area contributed by atoms with Gasteiger partial charge in [0, 0.05) is 10.6 Å². The van der Waals surface area contributed by atoms with Crippen LogP contribution in [0, 0.1) is 0 Å². The molecule has 0 spiro atoms. The van der Waals surface area contributed by atoms with Crippen LogP contribution in [0.25, 0.3) is 11.8 Å². The fraction of sp³-hybridized carbons (Fsp3) is 0.0556. The molecule has 2 aromatic rings. The fourth-order valence-electron chi connectivity index (χ4n) is 2.43. The monoisotopic (exact) mass is 326 g/mol. The highest BCUT2D eigenvalue weighted by Crippen LogP contribution is 2.34. The van der Waals surface area contributed by atoms with E-state index in [1.54, 1.807) is 24.3 Å². The Hall–Kier alpha value is -2.72. The highest BCUT2D eigenvalue weighted by molar-refractivity contribution is 6.30. The molecule has 0 fully saturated rings.